The van der Waals surface area contributed by atoms with E-state index >= 15 is 0 Å². The van der Waals surface area contributed by atoms with Crippen LogP contribution in [0.3, 0.4) is 0 Å². The van der Waals surface area contributed by atoms with E-state index in [4.69, 9.17) is 4.74 Å². The van der Waals surface area contributed by atoms with Gasteiger partial charge in [0, 0.05) is 11.3 Å². The number of fused-ring (bicyclic) bond motifs is 2. The number of Topliss-reactive ketones (excluding diaryl/α,β-unsaturated/α-hetero) is 2. The Balaban J connectivity index is 1.49. The number of sulfonamides is 1. The molecule has 2 atom stereocenters. The van der Waals surface area contributed by atoms with E-state index < -0.39 is 38.8 Å². The van der Waals surface area contributed by atoms with E-state index in [9.17, 15) is 22.8 Å². The number of nitrogens with one attached hydrogen (secondary N) is 2. The summed E-state index contributed by atoms with van der Waals surface area (Å²) in [5.41, 5.74) is -0.177. The molecule has 3 aliphatic rings. The van der Waals surface area contributed by atoms with Crippen molar-refractivity contribution in [3.63, 3.8) is 0 Å². The standard InChI is InChI=1S/C30H35N3O6S/c1-29(2,3)39-28(36)31-19-14-15-22-23(16-19)40(37,38)33-27(32-22)24-25(34)20-12-8-9-13-21(20)30(4,26(24)35)17-18-10-6-5-7-11-18/h8-9,12-16,18,24H,5-7,10-11,17H2,1-4H3,(H,31,36)(H,32,33). The van der Waals surface area contributed by atoms with Crippen LogP contribution in [-0.4, -0.2) is 37.5 Å². The van der Waals surface area contributed by atoms with Crippen molar-refractivity contribution in [2.75, 3.05) is 10.6 Å². The molecule has 5 rings (SSSR count). The molecule has 40 heavy (non-hydrogen) atoms. The molecule has 1 amide bonds. The van der Waals surface area contributed by atoms with Crippen molar-refractivity contribution < 1.29 is 27.5 Å². The number of hydrogen-bond donors (Lipinski definition) is 2. The van der Waals surface area contributed by atoms with Crippen LogP contribution < -0.4 is 10.6 Å². The summed E-state index contributed by atoms with van der Waals surface area (Å²) < 4.78 is 35.9. The minimum absolute atomic E-state index is 0.174. The maximum atomic E-state index is 14.2. The first-order chi connectivity index (χ1) is 18.8. The molecule has 0 saturated heterocycles. The van der Waals surface area contributed by atoms with Gasteiger partial charge in [-0.2, -0.15) is 8.42 Å². The van der Waals surface area contributed by atoms with Crippen molar-refractivity contribution in [1.29, 1.82) is 0 Å². The van der Waals surface area contributed by atoms with Crippen LogP contribution in [0, 0.1) is 11.8 Å². The summed E-state index contributed by atoms with van der Waals surface area (Å²) in [4.78, 5) is 39.9. The van der Waals surface area contributed by atoms with E-state index in [1.807, 2.05) is 19.1 Å². The van der Waals surface area contributed by atoms with Gasteiger partial charge in [-0.3, -0.25) is 14.9 Å². The average Bonchev–Trinajstić information content (AvgIpc) is 2.87. The summed E-state index contributed by atoms with van der Waals surface area (Å²) >= 11 is 0. The number of anilines is 2. The molecule has 0 bridgehead atoms. The van der Waals surface area contributed by atoms with Gasteiger partial charge >= 0.3 is 6.09 Å². The molecular formula is C30H35N3O6S. The van der Waals surface area contributed by atoms with Crippen LogP contribution in [0.1, 0.15) is 82.1 Å². The maximum absolute atomic E-state index is 14.2. The summed E-state index contributed by atoms with van der Waals surface area (Å²) in [7, 11) is -4.29. The highest BCUT2D eigenvalue weighted by molar-refractivity contribution is 7.90. The number of ketones is 2. The van der Waals surface area contributed by atoms with E-state index in [1.54, 1.807) is 32.9 Å². The van der Waals surface area contributed by atoms with Crippen LogP contribution in [0.2, 0.25) is 0 Å². The molecule has 0 spiro atoms. The quantitative estimate of drug-likeness (QED) is 0.444. The molecule has 1 aliphatic heterocycles. The smallest absolute Gasteiger partial charge is 0.412 e. The zero-order valence-corrected chi connectivity index (χ0v) is 24.1. The summed E-state index contributed by atoms with van der Waals surface area (Å²) in [6, 6.07) is 11.4. The third-order valence-corrected chi connectivity index (χ3v) is 9.27. The summed E-state index contributed by atoms with van der Waals surface area (Å²) in [5, 5.41) is 5.48. The minimum atomic E-state index is -4.29. The maximum Gasteiger partial charge on any atom is 0.412 e. The van der Waals surface area contributed by atoms with E-state index in [1.165, 1.54) is 24.6 Å². The number of carbonyl (C=O) groups is 3. The van der Waals surface area contributed by atoms with Crippen molar-refractivity contribution in [2.45, 2.75) is 82.1 Å². The van der Waals surface area contributed by atoms with Crippen molar-refractivity contribution in [3.8, 4) is 0 Å². The monoisotopic (exact) mass is 565 g/mol. The lowest BCUT2D eigenvalue weighted by Crippen LogP contribution is -2.52. The first-order valence-electron chi connectivity index (χ1n) is 13.7. The van der Waals surface area contributed by atoms with Gasteiger partial charge in [-0.15, -0.1) is 4.40 Å². The number of benzene rings is 2. The first kappa shape index (κ1) is 28.0. The van der Waals surface area contributed by atoms with Crippen molar-refractivity contribution in [2.24, 2.45) is 16.2 Å². The second-order valence-corrected chi connectivity index (χ2v) is 13.7. The van der Waals surface area contributed by atoms with Gasteiger partial charge < -0.3 is 10.1 Å². The molecule has 10 heteroatoms. The predicted molar refractivity (Wildman–Crippen MR) is 152 cm³/mol. The molecule has 0 radical (unpaired) electrons. The van der Waals surface area contributed by atoms with Gasteiger partial charge in [-0.25, -0.2) is 4.79 Å². The zero-order chi connectivity index (χ0) is 28.9. The molecule has 2 aromatic rings. The molecule has 1 fully saturated rings. The van der Waals surface area contributed by atoms with Crippen LogP contribution in [0.5, 0.6) is 0 Å². The van der Waals surface area contributed by atoms with Crippen LogP contribution in [0.4, 0.5) is 16.2 Å². The van der Waals surface area contributed by atoms with Crippen molar-refractivity contribution in [3.05, 3.63) is 53.6 Å². The fourth-order valence-corrected chi connectivity index (χ4v) is 7.32. The van der Waals surface area contributed by atoms with Crippen LogP contribution in [0.25, 0.3) is 0 Å². The molecule has 212 valence electrons. The number of hydrogen-bond acceptors (Lipinski definition) is 7. The fraction of sp³-hybridized carbons (Fsp3) is 0.467. The van der Waals surface area contributed by atoms with E-state index in [-0.39, 0.29) is 27.9 Å². The van der Waals surface area contributed by atoms with Crippen LogP contribution >= 0.6 is 0 Å². The second-order valence-electron chi connectivity index (χ2n) is 12.2. The average molecular weight is 566 g/mol. The van der Waals surface area contributed by atoms with Crippen LogP contribution in [-0.2, 0) is 25.0 Å². The van der Waals surface area contributed by atoms with Gasteiger partial charge in [0.15, 0.2) is 11.6 Å². The van der Waals surface area contributed by atoms with Crippen molar-refractivity contribution >= 4 is 44.9 Å². The Hall–Kier alpha value is -3.53. The van der Waals surface area contributed by atoms with Gasteiger partial charge in [-0.05, 0) is 63.8 Å². The number of amides is 1. The number of amidine groups is 1. The third-order valence-electron chi connectivity index (χ3n) is 7.94. The van der Waals surface area contributed by atoms with E-state index in [2.05, 4.69) is 15.0 Å². The largest absolute Gasteiger partial charge is 0.444 e. The molecule has 2 aliphatic carbocycles. The number of rotatable bonds is 4. The summed E-state index contributed by atoms with van der Waals surface area (Å²) in [6.45, 7) is 7.03. The molecule has 2 unspecified atom stereocenters. The zero-order valence-electron chi connectivity index (χ0n) is 23.2. The topological polar surface area (TPSA) is 131 Å². The molecule has 1 heterocycles. The SMILES string of the molecule is CC(C)(C)OC(=O)Nc1ccc2c(c1)S(=O)(=O)N=C(C1C(=O)c3ccccc3C(C)(CC3CCCCC3)C1=O)N2. The second kappa shape index (κ2) is 10.1. The molecule has 0 aromatic heterocycles. The molecular weight excluding hydrogens is 530 g/mol. The number of nitrogens with zero attached hydrogens (tertiary/aromatic N) is 1. The fourth-order valence-electron chi connectivity index (χ4n) is 6.14. The number of carbonyl (C=O) groups excluding carboxylic acids is 3. The van der Waals surface area contributed by atoms with Gasteiger partial charge in [0.25, 0.3) is 10.0 Å². The highest BCUT2D eigenvalue weighted by atomic mass is 32.2. The Bertz CT molecular complexity index is 1520. The van der Waals surface area contributed by atoms with Gasteiger partial charge in [0.2, 0.25) is 0 Å². The lowest BCUT2D eigenvalue weighted by atomic mass is 9.61. The lowest BCUT2D eigenvalue weighted by Gasteiger charge is -2.41. The van der Waals surface area contributed by atoms with Gasteiger partial charge in [0.05, 0.1) is 11.1 Å². The Morgan fingerprint density at radius 1 is 1.10 bits per heavy atom. The van der Waals surface area contributed by atoms with Crippen LogP contribution in [0.15, 0.2) is 51.8 Å². The third kappa shape index (κ3) is 5.29. The number of ether oxygens (including phenoxy) is 1. The Kier molecular flexibility index (Phi) is 7.10. The molecule has 2 N–H and O–H groups in total. The summed E-state index contributed by atoms with van der Waals surface area (Å²) in [5.74, 6) is -2.01. The van der Waals surface area contributed by atoms with E-state index in [0.717, 1.165) is 25.7 Å². The Labute approximate surface area is 234 Å². The minimum Gasteiger partial charge on any atom is -0.444 e. The normalized spacial score (nSPS) is 24.3. The Morgan fingerprint density at radius 3 is 2.50 bits per heavy atom. The summed E-state index contributed by atoms with van der Waals surface area (Å²) in [6.07, 6.45) is 5.36. The molecule has 1 saturated carbocycles. The molecule has 2 aromatic carbocycles. The lowest BCUT2D eigenvalue weighted by molar-refractivity contribution is -0.126. The molecule has 9 nitrogen and oxygen atoms in total. The van der Waals surface area contributed by atoms with E-state index in [0.29, 0.717) is 23.5 Å². The van der Waals surface area contributed by atoms with Crippen molar-refractivity contribution in [1.82, 2.24) is 0 Å². The predicted octanol–water partition coefficient (Wildman–Crippen LogP) is 5.86. The van der Waals surface area contributed by atoms with Gasteiger partial charge in [0.1, 0.15) is 22.3 Å². The highest BCUT2D eigenvalue weighted by Gasteiger charge is 2.52. The highest BCUT2D eigenvalue weighted by Crippen LogP contribution is 2.45. The van der Waals surface area contributed by atoms with Gasteiger partial charge in [-0.1, -0.05) is 56.4 Å². The Morgan fingerprint density at radius 2 is 1.80 bits per heavy atom. The first-order valence-corrected chi connectivity index (χ1v) is 15.2.